The molecule has 8 heteroatoms. The van der Waals surface area contributed by atoms with E-state index in [1.807, 2.05) is 37.3 Å². The molecular formula is C30H28N2O6. The van der Waals surface area contributed by atoms with Crippen LogP contribution in [0.1, 0.15) is 47.3 Å². The van der Waals surface area contributed by atoms with Crippen molar-refractivity contribution >= 4 is 44.7 Å². The van der Waals surface area contributed by atoms with E-state index in [1.54, 1.807) is 12.3 Å². The standard InChI is InChI=1S/C30H28N2O6/c1-16-18(30(36)38-26-14-27-22(13-21(16)26)20-7-3-5-9-25(20)37-27)10-11-28(33)32-24(29(34)35)12-17-15-31-23-8-4-2-6-19(17)23/h2,4,6,8,13-15,24,31H,3,5,7,9-12H2,1H3,(H,32,33)(H,34,35). The third kappa shape index (κ3) is 4.26. The average Bonchev–Trinajstić information content (AvgIpc) is 3.48. The summed E-state index contributed by atoms with van der Waals surface area (Å²) in [5, 5.41) is 15.2. The first kappa shape index (κ1) is 24.0. The number of aromatic nitrogens is 1. The SMILES string of the molecule is Cc1c(CCC(=O)NC(Cc2c[nH]c3ccccc23)C(=O)O)c(=O)oc2cc3oc4c(c3cc12)CCCC4. The number of carbonyl (C=O) groups is 2. The van der Waals surface area contributed by atoms with E-state index in [2.05, 4.69) is 10.3 Å². The second-order valence-corrected chi connectivity index (χ2v) is 10.1. The molecule has 8 nitrogen and oxygen atoms in total. The number of carbonyl (C=O) groups excluding carboxylic acids is 1. The molecule has 0 fully saturated rings. The molecule has 6 rings (SSSR count). The van der Waals surface area contributed by atoms with Gasteiger partial charge in [0.15, 0.2) is 0 Å². The molecule has 1 aliphatic carbocycles. The Bertz CT molecular complexity index is 1770. The Morgan fingerprint density at radius 3 is 2.68 bits per heavy atom. The summed E-state index contributed by atoms with van der Waals surface area (Å²) in [7, 11) is 0. The number of aliphatic carboxylic acids is 1. The largest absolute Gasteiger partial charge is 0.480 e. The normalized spacial score (nSPS) is 14.1. The van der Waals surface area contributed by atoms with Crippen molar-refractivity contribution in [3.8, 4) is 0 Å². The number of nitrogens with one attached hydrogen (secondary N) is 2. The molecule has 5 aromatic rings. The monoisotopic (exact) mass is 512 g/mol. The highest BCUT2D eigenvalue weighted by atomic mass is 16.4. The second-order valence-electron chi connectivity index (χ2n) is 10.1. The Morgan fingerprint density at radius 2 is 1.84 bits per heavy atom. The fourth-order valence-corrected chi connectivity index (χ4v) is 5.66. The van der Waals surface area contributed by atoms with Gasteiger partial charge in [0.2, 0.25) is 5.91 Å². The summed E-state index contributed by atoms with van der Waals surface area (Å²) in [6.07, 6.45) is 6.16. The molecule has 1 unspecified atom stereocenters. The number of amides is 1. The number of fused-ring (bicyclic) bond motifs is 5. The maximum atomic E-state index is 12.8. The molecule has 1 aliphatic rings. The van der Waals surface area contributed by atoms with Crippen LogP contribution in [-0.2, 0) is 35.3 Å². The molecule has 0 saturated carbocycles. The van der Waals surface area contributed by atoms with Crippen LogP contribution in [0.2, 0.25) is 0 Å². The Morgan fingerprint density at radius 1 is 1.05 bits per heavy atom. The van der Waals surface area contributed by atoms with Gasteiger partial charge in [-0.1, -0.05) is 18.2 Å². The van der Waals surface area contributed by atoms with E-state index in [4.69, 9.17) is 8.83 Å². The van der Waals surface area contributed by atoms with Gasteiger partial charge in [0.1, 0.15) is 23.0 Å². The molecule has 0 bridgehead atoms. The lowest BCUT2D eigenvalue weighted by Gasteiger charge is -2.15. The van der Waals surface area contributed by atoms with Gasteiger partial charge in [-0.15, -0.1) is 0 Å². The number of carboxylic acid groups (broad SMARTS) is 1. The zero-order valence-corrected chi connectivity index (χ0v) is 21.1. The minimum absolute atomic E-state index is 0.0296. The number of H-pyrrole nitrogens is 1. The molecule has 3 aromatic heterocycles. The lowest BCUT2D eigenvalue weighted by Crippen LogP contribution is -2.42. The topological polar surface area (TPSA) is 126 Å². The van der Waals surface area contributed by atoms with Gasteiger partial charge < -0.3 is 24.2 Å². The number of carboxylic acids is 1. The molecule has 38 heavy (non-hydrogen) atoms. The first-order valence-corrected chi connectivity index (χ1v) is 13.0. The summed E-state index contributed by atoms with van der Waals surface area (Å²) < 4.78 is 11.7. The van der Waals surface area contributed by atoms with Crippen molar-refractivity contribution in [1.82, 2.24) is 10.3 Å². The van der Waals surface area contributed by atoms with Crippen LogP contribution in [0.4, 0.5) is 0 Å². The average molecular weight is 513 g/mol. The number of aromatic amines is 1. The highest BCUT2D eigenvalue weighted by Crippen LogP contribution is 2.35. The van der Waals surface area contributed by atoms with E-state index >= 15 is 0 Å². The van der Waals surface area contributed by atoms with Crippen molar-refractivity contribution in [3.63, 3.8) is 0 Å². The van der Waals surface area contributed by atoms with Gasteiger partial charge in [-0.05, 0) is 55.9 Å². The zero-order chi connectivity index (χ0) is 26.4. The number of furan rings is 1. The van der Waals surface area contributed by atoms with Gasteiger partial charge in [-0.3, -0.25) is 4.79 Å². The molecule has 0 saturated heterocycles. The summed E-state index contributed by atoms with van der Waals surface area (Å²) in [6, 6.07) is 10.3. The van der Waals surface area contributed by atoms with Gasteiger partial charge >= 0.3 is 11.6 Å². The van der Waals surface area contributed by atoms with Crippen LogP contribution in [0.25, 0.3) is 32.8 Å². The summed E-state index contributed by atoms with van der Waals surface area (Å²) in [5.74, 6) is -0.535. The maximum absolute atomic E-state index is 12.8. The lowest BCUT2D eigenvalue weighted by molar-refractivity contribution is -0.141. The van der Waals surface area contributed by atoms with Crippen LogP contribution in [0, 0.1) is 6.92 Å². The van der Waals surface area contributed by atoms with Crippen LogP contribution in [0.5, 0.6) is 0 Å². The number of hydrogen-bond acceptors (Lipinski definition) is 5. The van der Waals surface area contributed by atoms with Crippen LogP contribution in [-0.4, -0.2) is 28.0 Å². The van der Waals surface area contributed by atoms with E-state index in [0.717, 1.165) is 69.8 Å². The second kappa shape index (κ2) is 9.52. The molecule has 194 valence electrons. The van der Waals surface area contributed by atoms with Gasteiger partial charge in [-0.2, -0.15) is 0 Å². The molecule has 0 aliphatic heterocycles. The first-order chi connectivity index (χ1) is 18.4. The zero-order valence-electron chi connectivity index (χ0n) is 21.1. The smallest absolute Gasteiger partial charge is 0.339 e. The van der Waals surface area contributed by atoms with Crippen LogP contribution in [0.15, 0.2) is 56.2 Å². The quantitative estimate of drug-likeness (QED) is 0.265. The number of benzene rings is 2. The number of rotatable bonds is 7. The fourth-order valence-electron chi connectivity index (χ4n) is 5.66. The van der Waals surface area contributed by atoms with Gasteiger partial charge in [0.05, 0.1) is 0 Å². The highest BCUT2D eigenvalue weighted by molar-refractivity contribution is 5.97. The maximum Gasteiger partial charge on any atom is 0.339 e. The summed E-state index contributed by atoms with van der Waals surface area (Å²) in [4.78, 5) is 40.7. The first-order valence-electron chi connectivity index (χ1n) is 13.0. The number of aryl methyl sites for hydroxylation is 3. The fraction of sp³-hybridized carbons (Fsp3) is 0.300. The summed E-state index contributed by atoms with van der Waals surface area (Å²) in [5.41, 5.74) is 4.84. The van der Waals surface area contributed by atoms with E-state index < -0.39 is 23.5 Å². The van der Waals surface area contributed by atoms with Crippen molar-refractivity contribution in [2.45, 2.75) is 57.9 Å². The molecule has 2 aromatic carbocycles. The Kier molecular flexibility index (Phi) is 6.02. The van der Waals surface area contributed by atoms with Gasteiger partial charge in [0, 0.05) is 64.3 Å². The number of para-hydroxylation sites is 1. The molecule has 1 amide bonds. The van der Waals surface area contributed by atoms with E-state index in [-0.39, 0.29) is 19.3 Å². The summed E-state index contributed by atoms with van der Waals surface area (Å²) >= 11 is 0. The van der Waals surface area contributed by atoms with Gasteiger partial charge in [-0.25, -0.2) is 9.59 Å². The Balaban J connectivity index is 1.21. The van der Waals surface area contributed by atoms with E-state index in [9.17, 15) is 19.5 Å². The molecule has 3 N–H and O–H groups in total. The highest BCUT2D eigenvalue weighted by Gasteiger charge is 2.23. The molecular weight excluding hydrogens is 484 g/mol. The van der Waals surface area contributed by atoms with Crippen molar-refractivity contribution in [2.24, 2.45) is 0 Å². The minimum atomic E-state index is -1.11. The van der Waals surface area contributed by atoms with Crippen molar-refractivity contribution in [3.05, 3.63) is 81.0 Å². The van der Waals surface area contributed by atoms with Gasteiger partial charge in [0.25, 0.3) is 0 Å². The Labute approximate surface area is 217 Å². The van der Waals surface area contributed by atoms with Crippen molar-refractivity contribution < 1.29 is 23.5 Å². The molecule has 0 spiro atoms. The number of hydrogen-bond donors (Lipinski definition) is 3. The predicted molar refractivity (Wildman–Crippen MR) is 144 cm³/mol. The van der Waals surface area contributed by atoms with E-state index in [1.165, 1.54) is 5.56 Å². The Hall–Kier alpha value is -4.33. The van der Waals surface area contributed by atoms with Crippen LogP contribution >= 0.6 is 0 Å². The minimum Gasteiger partial charge on any atom is -0.480 e. The lowest BCUT2D eigenvalue weighted by atomic mass is 9.94. The summed E-state index contributed by atoms with van der Waals surface area (Å²) in [6.45, 7) is 1.86. The molecule has 3 heterocycles. The van der Waals surface area contributed by atoms with Crippen LogP contribution < -0.4 is 10.9 Å². The van der Waals surface area contributed by atoms with Crippen molar-refractivity contribution in [1.29, 1.82) is 0 Å². The van der Waals surface area contributed by atoms with Crippen LogP contribution in [0.3, 0.4) is 0 Å². The van der Waals surface area contributed by atoms with Crippen molar-refractivity contribution in [2.75, 3.05) is 0 Å². The molecule has 0 radical (unpaired) electrons. The predicted octanol–water partition coefficient (Wildman–Crippen LogP) is 4.95. The third-order valence-corrected chi connectivity index (χ3v) is 7.70. The third-order valence-electron chi connectivity index (χ3n) is 7.70. The van der Waals surface area contributed by atoms with E-state index in [0.29, 0.717) is 11.1 Å². The molecule has 1 atom stereocenters.